The number of benzene rings is 3. The molecule has 0 radical (unpaired) electrons. The molecule has 0 heterocycles. The fraction of sp³-hybridized carbons (Fsp3) is 0.292. The number of methoxy groups -OCH3 is 2. The summed E-state index contributed by atoms with van der Waals surface area (Å²) < 4.78 is 16.6. The van der Waals surface area contributed by atoms with Gasteiger partial charge in [-0.15, -0.1) is 0 Å². The van der Waals surface area contributed by atoms with E-state index >= 15 is 0 Å². The van der Waals surface area contributed by atoms with E-state index in [1.54, 1.807) is 21.1 Å². The lowest BCUT2D eigenvalue weighted by Crippen LogP contribution is -2.38. The number of rotatable bonds is 8. The summed E-state index contributed by atoms with van der Waals surface area (Å²) in [6.07, 6.45) is 0.120. The van der Waals surface area contributed by atoms with Gasteiger partial charge >= 0.3 is 0 Å². The van der Waals surface area contributed by atoms with Gasteiger partial charge in [0.2, 0.25) is 0 Å². The Kier molecular flexibility index (Phi) is 6.60. The standard InChI is InChI=1S/C24H27NO4/c1-5-21(19-11-13-22(27-3)23(15-19)28-4)25-24(26)16(2)29-20-12-10-17-8-6-7-9-18(17)14-20/h6-16,21H,5H2,1-4H3,(H,25,26)/t16-,21+/m0/s1. The second-order valence-electron chi connectivity index (χ2n) is 6.85. The summed E-state index contributed by atoms with van der Waals surface area (Å²) in [6.45, 7) is 3.78. The molecule has 29 heavy (non-hydrogen) atoms. The highest BCUT2D eigenvalue weighted by molar-refractivity contribution is 5.84. The van der Waals surface area contributed by atoms with Crippen LogP contribution in [0.2, 0.25) is 0 Å². The quantitative estimate of drug-likeness (QED) is 0.592. The zero-order chi connectivity index (χ0) is 20.8. The van der Waals surface area contributed by atoms with Crippen LogP contribution < -0.4 is 19.5 Å². The fourth-order valence-corrected chi connectivity index (χ4v) is 3.28. The molecule has 0 fully saturated rings. The Morgan fingerprint density at radius 1 is 0.931 bits per heavy atom. The average molecular weight is 393 g/mol. The Morgan fingerprint density at radius 2 is 1.66 bits per heavy atom. The predicted octanol–water partition coefficient (Wildman–Crippen LogP) is 4.89. The van der Waals surface area contributed by atoms with Crippen molar-refractivity contribution in [2.45, 2.75) is 32.4 Å². The van der Waals surface area contributed by atoms with Gasteiger partial charge in [-0.05, 0) is 53.9 Å². The molecule has 0 unspecified atom stereocenters. The minimum absolute atomic E-state index is 0.148. The summed E-state index contributed by atoms with van der Waals surface area (Å²) in [5.74, 6) is 1.80. The lowest BCUT2D eigenvalue weighted by atomic mass is 10.0. The number of fused-ring (bicyclic) bond motifs is 1. The van der Waals surface area contributed by atoms with Crippen molar-refractivity contribution in [2.24, 2.45) is 0 Å². The molecular weight excluding hydrogens is 366 g/mol. The predicted molar refractivity (Wildman–Crippen MR) is 115 cm³/mol. The van der Waals surface area contributed by atoms with E-state index in [1.807, 2.05) is 67.6 Å². The molecule has 2 atom stereocenters. The SMILES string of the molecule is CC[C@@H](NC(=O)[C@H](C)Oc1ccc2ccccc2c1)c1ccc(OC)c(OC)c1. The van der Waals surface area contributed by atoms with Gasteiger partial charge in [0.15, 0.2) is 17.6 Å². The first-order valence-corrected chi connectivity index (χ1v) is 9.73. The Labute approximate surface area is 171 Å². The van der Waals surface area contributed by atoms with Crippen molar-refractivity contribution < 1.29 is 19.0 Å². The van der Waals surface area contributed by atoms with Crippen molar-refractivity contribution in [3.8, 4) is 17.2 Å². The van der Waals surface area contributed by atoms with Crippen LogP contribution in [0.3, 0.4) is 0 Å². The monoisotopic (exact) mass is 393 g/mol. The van der Waals surface area contributed by atoms with Crippen LogP contribution in [0.25, 0.3) is 10.8 Å². The average Bonchev–Trinajstić information content (AvgIpc) is 2.76. The molecule has 0 bridgehead atoms. The molecule has 0 aromatic heterocycles. The molecule has 152 valence electrons. The van der Waals surface area contributed by atoms with Crippen LogP contribution in [-0.4, -0.2) is 26.2 Å². The molecule has 1 amide bonds. The smallest absolute Gasteiger partial charge is 0.261 e. The first-order valence-electron chi connectivity index (χ1n) is 9.73. The van der Waals surface area contributed by atoms with Gasteiger partial charge in [0.05, 0.1) is 20.3 Å². The number of ether oxygens (including phenoxy) is 3. The molecule has 1 N–H and O–H groups in total. The summed E-state index contributed by atoms with van der Waals surface area (Å²) in [6, 6.07) is 19.4. The van der Waals surface area contributed by atoms with Crippen LogP contribution in [0.15, 0.2) is 60.7 Å². The van der Waals surface area contributed by atoms with Gasteiger partial charge in [0, 0.05) is 0 Å². The molecule has 5 nitrogen and oxygen atoms in total. The van der Waals surface area contributed by atoms with E-state index in [0.29, 0.717) is 17.2 Å². The second-order valence-corrected chi connectivity index (χ2v) is 6.85. The fourth-order valence-electron chi connectivity index (χ4n) is 3.28. The Hall–Kier alpha value is -3.21. The topological polar surface area (TPSA) is 56.8 Å². The molecule has 3 aromatic rings. The van der Waals surface area contributed by atoms with Gasteiger partial charge in [0.25, 0.3) is 5.91 Å². The van der Waals surface area contributed by atoms with E-state index in [0.717, 1.165) is 22.8 Å². The zero-order valence-corrected chi connectivity index (χ0v) is 17.3. The number of hydrogen-bond donors (Lipinski definition) is 1. The molecule has 3 aromatic carbocycles. The highest BCUT2D eigenvalue weighted by Gasteiger charge is 2.20. The summed E-state index contributed by atoms with van der Waals surface area (Å²) >= 11 is 0. The number of nitrogens with one attached hydrogen (secondary N) is 1. The lowest BCUT2D eigenvalue weighted by Gasteiger charge is -2.22. The molecule has 0 aliphatic heterocycles. The van der Waals surface area contributed by atoms with Crippen LogP contribution in [0, 0.1) is 0 Å². The van der Waals surface area contributed by atoms with Gasteiger partial charge in [-0.2, -0.15) is 0 Å². The van der Waals surface area contributed by atoms with Crippen molar-refractivity contribution in [2.75, 3.05) is 14.2 Å². The normalized spacial score (nSPS) is 12.8. The summed E-state index contributed by atoms with van der Waals surface area (Å²) in [5, 5.41) is 5.28. The molecule has 5 heteroatoms. The van der Waals surface area contributed by atoms with Crippen molar-refractivity contribution in [3.63, 3.8) is 0 Å². The number of carbonyl (C=O) groups is 1. The Bertz CT molecular complexity index is 986. The van der Waals surface area contributed by atoms with E-state index in [9.17, 15) is 4.79 Å². The summed E-state index contributed by atoms with van der Waals surface area (Å²) in [7, 11) is 3.20. The third-order valence-corrected chi connectivity index (χ3v) is 4.94. The maximum Gasteiger partial charge on any atom is 0.261 e. The third-order valence-electron chi connectivity index (χ3n) is 4.94. The highest BCUT2D eigenvalue weighted by atomic mass is 16.5. The van der Waals surface area contributed by atoms with E-state index in [2.05, 4.69) is 5.32 Å². The van der Waals surface area contributed by atoms with Crippen LogP contribution in [0.1, 0.15) is 31.9 Å². The number of hydrogen-bond acceptors (Lipinski definition) is 4. The number of amides is 1. The molecule has 0 saturated carbocycles. The highest BCUT2D eigenvalue weighted by Crippen LogP contribution is 2.31. The molecule has 0 saturated heterocycles. The van der Waals surface area contributed by atoms with Crippen LogP contribution in [0.4, 0.5) is 0 Å². The van der Waals surface area contributed by atoms with Gasteiger partial charge < -0.3 is 19.5 Å². The third kappa shape index (κ3) is 4.80. The minimum atomic E-state index is -0.620. The number of carbonyl (C=O) groups excluding carboxylic acids is 1. The van der Waals surface area contributed by atoms with E-state index < -0.39 is 6.10 Å². The maximum absolute atomic E-state index is 12.7. The largest absolute Gasteiger partial charge is 0.493 e. The van der Waals surface area contributed by atoms with Gasteiger partial charge in [-0.3, -0.25) is 4.79 Å². The summed E-state index contributed by atoms with van der Waals surface area (Å²) in [5.41, 5.74) is 0.955. The minimum Gasteiger partial charge on any atom is -0.493 e. The second kappa shape index (κ2) is 9.32. The maximum atomic E-state index is 12.7. The van der Waals surface area contributed by atoms with Crippen molar-refractivity contribution in [1.82, 2.24) is 5.32 Å². The van der Waals surface area contributed by atoms with E-state index in [-0.39, 0.29) is 11.9 Å². The van der Waals surface area contributed by atoms with Gasteiger partial charge in [-0.1, -0.05) is 43.3 Å². The van der Waals surface area contributed by atoms with Gasteiger partial charge in [-0.25, -0.2) is 0 Å². The first-order chi connectivity index (χ1) is 14.0. The van der Waals surface area contributed by atoms with Crippen LogP contribution >= 0.6 is 0 Å². The zero-order valence-electron chi connectivity index (χ0n) is 17.3. The van der Waals surface area contributed by atoms with Crippen molar-refractivity contribution in [3.05, 3.63) is 66.2 Å². The molecule has 0 aliphatic carbocycles. The van der Waals surface area contributed by atoms with Crippen LogP contribution in [-0.2, 0) is 4.79 Å². The molecule has 0 spiro atoms. The van der Waals surface area contributed by atoms with Crippen LogP contribution in [0.5, 0.6) is 17.2 Å². The molecular formula is C24H27NO4. The lowest BCUT2D eigenvalue weighted by molar-refractivity contribution is -0.128. The summed E-state index contributed by atoms with van der Waals surface area (Å²) in [4.78, 5) is 12.7. The van der Waals surface area contributed by atoms with Crippen molar-refractivity contribution in [1.29, 1.82) is 0 Å². The van der Waals surface area contributed by atoms with Gasteiger partial charge in [0.1, 0.15) is 5.75 Å². The Balaban J connectivity index is 1.69. The molecule has 3 rings (SSSR count). The first kappa shape index (κ1) is 20.5. The van der Waals surface area contributed by atoms with E-state index in [1.165, 1.54) is 0 Å². The van der Waals surface area contributed by atoms with Crippen molar-refractivity contribution >= 4 is 16.7 Å². The Morgan fingerprint density at radius 3 is 2.34 bits per heavy atom. The molecule has 0 aliphatic rings. The van der Waals surface area contributed by atoms with E-state index in [4.69, 9.17) is 14.2 Å².